The first-order valence-corrected chi connectivity index (χ1v) is 9.06. The Labute approximate surface area is 167 Å². The van der Waals surface area contributed by atoms with Crippen molar-refractivity contribution in [2.75, 3.05) is 12.4 Å². The van der Waals surface area contributed by atoms with Crippen molar-refractivity contribution in [1.82, 2.24) is 0 Å². The van der Waals surface area contributed by atoms with E-state index in [4.69, 9.17) is 25.5 Å². The molecule has 3 rings (SSSR count). The molecule has 0 radical (unpaired) electrons. The highest BCUT2D eigenvalue weighted by molar-refractivity contribution is 6.31. The van der Waals surface area contributed by atoms with E-state index in [0.717, 1.165) is 10.9 Å². The fraction of sp³-hybridized carbons (Fsp3) is 0.238. The van der Waals surface area contributed by atoms with Crippen molar-refractivity contribution in [2.45, 2.75) is 26.4 Å². The molecule has 0 spiro atoms. The third kappa shape index (κ3) is 4.46. The molecular formula is C21H20ClNO5. The molecule has 0 saturated heterocycles. The summed E-state index contributed by atoms with van der Waals surface area (Å²) in [5.41, 5.74) is 2.89. The Bertz CT molecular complexity index is 1030. The number of halogens is 1. The maximum absolute atomic E-state index is 12.4. The zero-order valence-corrected chi connectivity index (χ0v) is 16.5. The summed E-state index contributed by atoms with van der Waals surface area (Å²) in [4.78, 5) is 24.7. The average Bonchev–Trinajstić information content (AvgIpc) is 3.03. The van der Waals surface area contributed by atoms with E-state index in [2.05, 4.69) is 5.32 Å². The van der Waals surface area contributed by atoms with Gasteiger partial charge < -0.3 is 19.2 Å². The fourth-order valence-corrected chi connectivity index (χ4v) is 2.96. The molecule has 1 amide bonds. The maximum atomic E-state index is 12.4. The zero-order chi connectivity index (χ0) is 20.3. The average molecular weight is 402 g/mol. The van der Waals surface area contributed by atoms with E-state index in [-0.39, 0.29) is 6.42 Å². The first kappa shape index (κ1) is 19.8. The van der Waals surface area contributed by atoms with Crippen molar-refractivity contribution in [3.63, 3.8) is 0 Å². The number of rotatable bonds is 6. The molecule has 28 heavy (non-hydrogen) atoms. The van der Waals surface area contributed by atoms with Crippen LogP contribution in [0.1, 0.15) is 18.1 Å². The third-order valence-electron chi connectivity index (χ3n) is 4.24. The second-order valence-corrected chi connectivity index (χ2v) is 6.84. The van der Waals surface area contributed by atoms with Crippen molar-refractivity contribution in [1.29, 1.82) is 0 Å². The fourth-order valence-electron chi connectivity index (χ4n) is 2.79. The lowest BCUT2D eigenvalue weighted by Crippen LogP contribution is -2.30. The Balaban J connectivity index is 1.63. The van der Waals surface area contributed by atoms with Gasteiger partial charge in [-0.25, -0.2) is 0 Å². The summed E-state index contributed by atoms with van der Waals surface area (Å²) in [5, 5.41) is 3.96. The first-order chi connectivity index (χ1) is 13.4. The Morgan fingerprint density at radius 2 is 2.00 bits per heavy atom. The second kappa shape index (κ2) is 8.35. The molecule has 0 aliphatic rings. The molecule has 0 aliphatic heterocycles. The zero-order valence-electron chi connectivity index (χ0n) is 15.7. The standard InChI is InChI=1S/C21H20ClNO5/c1-12-4-6-16-14(11-27-19(16)8-12)9-20(24)28-13(2)21(25)23-17-10-15(22)5-7-18(17)26-3/h4-8,10-11,13H,9H2,1-3H3,(H,23,25)/t13-/m0/s1. The van der Waals surface area contributed by atoms with Gasteiger partial charge in [-0.05, 0) is 43.7 Å². The number of methoxy groups -OCH3 is 1. The maximum Gasteiger partial charge on any atom is 0.311 e. The van der Waals surface area contributed by atoms with Gasteiger partial charge in [0.25, 0.3) is 5.91 Å². The number of anilines is 1. The Morgan fingerprint density at radius 3 is 2.75 bits per heavy atom. The van der Waals surface area contributed by atoms with Crippen LogP contribution in [0.25, 0.3) is 11.0 Å². The van der Waals surface area contributed by atoms with Gasteiger partial charge in [0.2, 0.25) is 0 Å². The van der Waals surface area contributed by atoms with E-state index < -0.39 is 18.0 Å². The molecule has 2 aromatic carbocycles. The lowest BCUT2D eigenvalue weighted by atomic mass is 10.1. The van der Waals surface area contributed by atoms with Gasteiger partial charge in [0.1, 0.15) is 11.3 Å². The Hall–Kier alpha value is -2.99. The van der Waals surface area contributed by atoms with Gasteiger partial charge in [-0.2, -0.15) is 0 Å². The predicted molar refractivity (Wildman–Crippen MR) is 107 cm³/mol. The van der Waals surface area contributed by atoms with Crippen LogP contribution in [0, 0.1) is 6.92 Å². The minimum absolute atomic E-state index is 0.00810. The first-order valence-electron chi connectivity index (χ1n) is 8.68. The molecule has 3 aromatic rings. The second-order valence-electron chi connectivity index (χ2n) is 6.40. The molecule has 146 valence electrons. The molecule has 0 bridgehead atoms. The monoisotopic (exact) mass is 401 g/mol. The smallest absolute Gasteiger partial charge is 0.311 e. The van der Waals surface area contributed by atoms with Crippen LogP contribution in [0.15, 0.2) is 47.1 Å². The summed E-state index contributed by atoms with van der Waals surface area (Å²) in [7, 11) is 1.49. The van der Waals surface area contributed by atoms with Gasteiger partial charge in [0.05, 0.1) is 25.5 Å². The SMILES string of the molecule is COc1ccc(Cl)cc1NC(=O)[C@H](C)OC(=O)Cc1coc2cc(C)ccc12. The van der Waals surface area contributed by atoms with Gasteiger partial charge in [-0.1, -0.05) is 23.7 Å². The summed E-state index contributed by atoms with van der Waals surface area (Å²) in [6.07, 6.45) is 0.554. The van der Waals surface area contributed by atoms with E-state index in [1.165, 1.54) is 20.3 Å². The van der Waals surface area contributed by atoms with Crippen molar-refractivity contribution < 1.29 is 23.5 Å². The van der Waals surface area contributed by atoms with Crippen LogP contribution in [0.4, 0.5) is 5.69 Å². The summed E-state index contributed by atoms with van der Waals surface area (Å²) in [6, 6.07) is 10.6. The summed E-state index contributed by atoms with van der Waals surface area (Å²) < 4.78 is 15.9. The van der Waals surface area contributed by atoms with Crippen molar-refractivity contribution >= 4 is 40.1 Å². The number of aryl methyl sites for hydroxylation is 1. The number of fused-ring (bicyclic) bond motifs is 1. The van der Waals surface area contributed by atoms with Crippen LogP contribution in [0.5, 0.6) is 5.75 Å². The number of nitrogens with one attached hydrogen (secondary N) is 1. The summed E-state index contributed by atoms with van der Waals surface area (Å²) in [5.74, 6) is -0.554. The molecule has 1 atom stereocenters. The third-order valence-corrected chi connectivity index (χ3v) is 4.48. The number of ether oxygens (including phenoxy) is 2. The highest BCUT2D eigenvalue weighted by Crippen LogP contribution is 2.28. The minimum atomic E-state index is -0.989. The van der Waals surface area contributed by atoms with Crippen LogP contribution < -0.4 is 10.1 Å². The number of carbonyl (C=O) groups is 2. The topological polar surface area (TPSA) is 77.8 Å². The van der Waals surface area contributed by atoms with Crippen LogP contribution in [0.3, 0.4) is 0 Å². The van der Waals surface area contributed by atoms with E-state index in [1.807, 2.05) is 25.1 Å². The van der Waals surface area contributed by atoms with Gasteiger partial charge in [0.15, 0.2) is 6.10 Å². The molecule has 0 saturated carbocycles. The Kier molecular flexibility index (Phi) is 5.90. The predicted octanol–water partition coefficient (Wildman–Crippen LogP) is 4.52. The normalized spacial score (nSPS) is 11.9. The van der Waals surface area contributed by atoms with Gasteiger partial charge in [-0.3, -0.25) is 9.59 Å². The van der Waals surface area contributed by atoms with Crippen molar-refractivity contribution in [2.24, 2.45) is 0 Å². The highest BCUT2D eigenvalue weighted by Gasteiger charge is 2.20. The van der Waals surface area contributed by atoms with E-state index >= 15 is 0 Å². The van der Waals surface area contributed by atoms with Crippen LogP contribution >= 0.6 is 11.6 Å². The molecule has 7 heteroatoms. The molecule has 0 aliphatic carbocycles. The number of amides is 1. The summed E-state index contributed by atoms with van der Waals surface area (Å²) in [6.45, 7) is 3.46. The van der Waals surface area contributed by atoms with Crippen LogP contribution in [-0.4, -0.2) is 25.1 Å². The number of benzene rings is 2. The quantitative estimate of drug-likeness (QED) is 0.614. The molecule has 1 N–H and O–H groups in total. The molecular weight excluding hydrogens is 382 g/mol. The lowest BCUT2D eigenvalue weighted by Gasteiger charge is -2.15. The number of hydrogen-bond acceptors (Lipinski definition) is 5. The molecule has 1 aromatic heterocycles. The van der Waals surface area contributed by atoms with Gasteiger partial charge in [-0.15, -0.1) is 0 Å². The van der Waals surface area contributed by atoms with E-state index in [0.29, 0.717) is 27.6 Å². The lowest BCUT2D eigenvalue weighted by molar-refractivity contribution is -0.152. The number of hydrogen-bond donors (Lipinski definition) is 1. The number of esters is 1. The number of furan rings is 1. The molecule has 1 heterocycles. The van der Waals surface area contributed by atoms with Crippen molar-refractivity contribution in [3.8, 4) is 5.75 Å². The largest absolute Gasteiger partial charge is 0.495 e. The van der Waals surface area contributed by atoms with E-state index in [1.54, 1.807) is 18.2 Å². The minimum Gasteiger partial charge on any atom is -0.495 e. The molecule has 0 unspecified atom stereocenters. The van der Waals surface area contributed by atoms with Crippen molar-refractivity contribution in [3.05, 3.63) is 58.8 Å². The molecule has 0 fully saturated rings. The van der Waals surface area contributed by atoms with E-state index in [9.17, 15) is 9.59 Å². The molecule has 6 nitrogen and oxygen atoms in total. The van der Waals surface area contributed by atoms with Gasteiger partial charge in [0, 0.05) is 16.0 Å². The van der Waals surface area contributed by atoms with Gasteiger partial charge >= 0.3 is 5.97 Å². The summed E-state index contributed by atoms with van der Waals surface area (Å²) >= 11 is 5.96. The van der Waals surface area contributed by atoms with Crippen LogP contribution in [-0.2, 0) is 20.7 Å². The number of carbonyl (C=O) groups excluding carboxylic acids is 2. The highest BCUT2D eigenvalue weighted by atomic mass is 35.5. The Morgan fingerprint density at radius 1 is 1.21 bits per heavy atom. The van der Waals surface area contributed by atoms with Crippen LogP contribution in [0.2, 0.25) is 5.02 Å².